The lowest BCUT2D eigenvalue weighted by Gasteiger charge is -2.18. The molecule has 0 bridgehead atoms. The molecule has 7 heteroatoms. The largest absolute Gasteiger partial charge is 0.399 e. The fraction of sp³-hybridized carbons (Fsp3) is 0.214. The van der Waals surface area contributed by atoms with Crippen LogP contribution in [0.4, 0.5) is 5.69 Å². The van der Waals surface area contributed by atoms with Crippen molar-refractivity contribution in [3.63, 3.8) is 0 Å². The van der Waals surface area contributed by atoms with Crippen molar-refractivity contribution in [1.82, 2.24) is 9.29 Å². The summed E-state index contributed by atoms with van der Waals surface area (Å²) in [6.07, 6.45) is 0. The van der Waals surface area contributed by atoms with Crippen LogP contribution >= 0.6 is 11.6 Å². The molecular weight excluding hydrogens is 310 g/mol. The Balaban J connectivity index is 2.33. The standard InChI is InChI=1S/C14H16ClN3O2S/c1-10-4-3-5-12(17-10)9-18(2)21(19,20)14-8-11(16)6-7-13(14)15/h3-8H,9,16H2,1-2H3. The van der Waals surface area contributed by atoms with E-state index in [2.05, 4.69) is 4.98 Å². The lowest BCUT2D eigenvalue weighted by atomic mass is 10.3. The Morgan fingerprint density at radius 1 is 1.29 bits per heavy atom. The number of nitrogen functional groups attached to an aromatic ring is 1. The molecule has 0 radical (unpaired) electrons. The molecule has 5 nitrogen and oxygen atoms in total. The van der Waals surface area contributed by atoms with Gasteiger partial charge in [-0.05, 0) is 37.3 Å². The number of hydrogen-bond acceptors (Lipinski definition) is 4. The average Bonchev–Trinajstić information content (AvgIpc) is 2.41. The van der Waals surface area contributed by atoms with Gasteiger partial charge in [-0.2, -0.15) is 4.31 Å². The first-order chi connectivity index (χ1) is 9.80. The maximum atomic E-state index is 12.6. The highest BCUT2D eigenvalue weighted by Gasteiger charge is 2.24. The Labute approximate surface area is 129 Å². The van der Waals surface area contributed by atoms with Crippen molar-refractivity contribution in [3.05, 3.63) is 52.8 Å². The maximum Gasteiger partial charge on any atom is 0.244 e. The normalized spacial score (nSPS) is 11.8. The quantitative estimate of drug-likeness (QED) is 0.876. The number of nitrogens with zero attached hydrogens (tertiary/aromatic N) is 2. The van der Waals surface area contributed by atoms with Gasteiger partial charge in [-0.3, -0.25) is 4.98 Å². The third-order valence-corrected chi connectivity index (χ3v) is 5.26. The summed E-state index contributed by atoms with van der Waals surface area (Å²) >= 11 is 5.98. The second-order valence-corrected chi connectivity index (χ2v) is 7.14. The molecule has 2 rings (SSSR count). The maximum absolute atomic E-state index is 12.6. The van der Waals surface area contributed by atoms with Crippen LogP contribution in [0.3, 0.4) is 0 Å². The lowest BCUT2D eigenvalue weighted by Crippen LogP contribution is -2.27. The van der Waals surface area contributed by atoms with Gasteiger partial charge in [-0.1, -0.05) is 17.7 Å². The summed E-state index contributed by atoms with van der Waals surface area (Å²) in [5.41, 5.74) is 7.49. The van der Waals surface area contributed by atoms with E-state index < -0.39 is 10.0 Å². The fourth-order valence-electron chi connectivity index (χ4n) is 1.89. The van der Waals surface area contributed by atoms with E-state index in [1.54, 1.807) is 12.1 Å². The van der Waals surface area contributed by atoms with E-state index in [4.69, 9.17) is 17.3 Å². The fourth-order valence-corrected chi connectivity index (χ4v) is 3.53. The Hall–Kier alpha value is -1.63. The monoisotopic (exact) mass is 325 g/mol. The van der Waals surface area contributed by atoms with Crippen LogP contribution in [0, 0.1) is 6.92 Å². The van der Waals surface area contributed by atoms with Crippen LogP contribution in [0.2, 0.25) is 5.02 Å². The first-order valence-electron chi connectivity index (χ1n) is 6.24. The molecule has 0 spiro atoms. The Kier molecular flexibility index (Phi) is 4.51. The van der Waals surface area contributed by atoms with Gasteiger partial charge in [-0.25, -0.2) is 8.42 Å². The van der Waals surface area contributed by atoms with Crippen LogP contribution < -0.4 is 5.73 Å². The van der Waals surface area contributed by atoms with Crippen LogP contribution in [0.5, 0.6) is 0 Å². The predicted molar refractivity (Wildman–Crippen MR) is 83.5 cm³/mol. The van der Waals surface area contributed by atoms with E-state index in [1.165, 1.54) is 23.5 Å². The van der Waals surface area contributed by atoms with Gasteiger partial charge in [0.1, 0.15) is 4.90 Å². The summed E-state index contributed by atoms with van der Waals surface area (Å²) in [4.78, 5) is 4.30. The molecule has 2 N–H and O–H groups in total. The molecule has 0 aliphatic heterocycles. The van der Waals surface area contributed by atoms with Crippen molar-refractivity contribution in [1.29, 1.82) is 0 Å². The molecule has 0 atom stereocenters. The number of pyridine rings is 1. The van der Waals surface area contributed by atoms with Gasteiger partial charge in [0.15, 0.2) is 0 Å². The molecule has 1 heterocycles. The zero-order valence-corrected chi connectivity index (χ0v) is 13.3. The molecule has 112 valence electrons. The van der Waals surface area contributed by atoms with E-state index in [9.17, 15) is 8.42 Å². The number of anilines is 1. The summed E-state index contributed by atoms with van der Waals surface area (Å²) in [6, 6.07) is 9.86. The SMILES string of the molecule is Cc1cccc(CN(C)S(=O)(=O)c2cc(N)ccc2Cl)n1. The topological polar surface area (TPSA) is 76.3 Å². The summed E-state index contributed by atoms with van der Waals surface area (Å²) in [6.45, 7) is 2.02. The number of benzene rings is 1. The third-order valence-electron chi connectivity index (χ3n) is 2.97. The second-order valence-electron chi connectivity index (χ2n) is 4.72. The molecule has 0 aliphatic rings. The number of sulfonamides is 1. The van der Waals surface area contributed by atoms with Crippen LogP contribution in [0.1, 0.15) is 11.4 Å². The summed E-state index contributed by atoms with van der Waals surface area (Å²) in [5, 5.41) is 0.147. The summed E-state index contributed by atoms with van der Waals surface area (Å²) in [7, 11) is -2.24. The lowest BCUT2D eigenvalue weighted by molar-refractivity contribution is 0.462. The van der Waals surface area contributed by atoms with Crippen LogP contribution in [-0.4, -0.2) is 24.8 Å². The van der Waals surface area contributed by atoms with Crippen molar-refractivity contribution in [2.75, 3.05) is 12.8 Å². The molecule has 2 aromatic rings. The van der Waals surface area contributed by atoms with E-state index >= 15 is 0 Å². The van der Waals surface area contributed by atoms with Crippen molar-refractivity contribution in [3.8, 4) is 0 Å². The van der Waals surface area contributed by atoms with Gasteiger partial charge in [0, 0.05) is 18.4 Å². The number of halogens is 1. The number of aryl methyl sites for hydroxylation is 1. The summed E-state index contributed by atoms with van der Waals surface area (Å²) in [5.74, 6) is 0. The van der Waals surface area contributed by atoms with E-state index in [-0.39, 0.29) is 16.5 Å². The smallest absolute Gasteiger partial charge is 0.244 e. The minimum absolute atomic E-state index is 0.000630. The van der Waals surface area contributed by atoms with Gasteiger partial charge in [0.05, 0.1) is 17.3 Å². The Morgan fingerprint density at radius 2 is 2.00 bits per heavy atom. The average molecular weight is 326 g/mol. The second kappa shape index (κ2) is 6.01. The zero-order valence-electron chi connectivity index (χ0n) is 11.7. The predicted octanol–water partition coefficient (Wildman–Crippen LogP) is 2.45. The van der Waals surface area contributed by atoms with Crippen LogP contribution in [-0.2, 0) is 16.6 Å². The Bertz CT molecular complexity index is 763. The first-order valence-corrected chi connectivity index (χ1v) is 8.06. The molecular formula is C14H16ClN3O2S. The van der Waals surface area contributed by atoms with Crippen LogP contribution in [0.15, 0.2) is 41.3 Å². The molecule has 0 saturated carbocycles. The van der Waals surface area contributed by atoms with Crippen LogP contribution in [0.25, 0.3) is 0 Å². The van der Waals surface area contributed by atoms with E-state index in [0.717, 1.165) is 5.69 Å². The van der Waals surface area contributed by atoms with Crippen molar-refractivity contribution in [2.45, 2.75) is 18.4 Å². The molecule has 21 heavy (non-hydrogen) atoms. The van der Waals surface area contributed by atoms with Gasteiger partial charge in [0.25, 0.3) is 0 Å². The third kappa shape index (κ3) is 3.53. The highest BCUT2D eigenvalue weighted by atomic mass is 35.5. The minimum Gasteiger partial charge on any atom is -0.399 e. The highest BCUT2D eigenvalue weighted by molar-refractivity contribution is 7.89. The van der Waals surface area contributed by atoms with Gasteiger partial charge in [-0.15, -0.1) is 0 Å². The number of hydrogen-bond donors (Lipinski definition) is 1. The number of aromatic nitrogens is 1. The van der Waals surface area contributed by atoms with Gasteiger partial charge >= 0.3 is 0 Å². The van der Waals surface area contributed by atoms with Crippen molar-refractivity contribution in [2.24, 2.45) is 0 Å². The van der Waals surface area contributed by atoms with E-state index in [1.807, 2.05) is 19.1 Å². The summed E-state index contributed by atoms with van der Waals surface area (Å²) < 4.78 is 26.3. The molecule has 1 aromatic carbocycles. The molecule has 0 fully saturated rings. The highest BCUT2D eigenvalue weighted by Crippen LogP contribution is 2.26. The van der Waals surface area contributed by atoms with Crippen molar-refractivity contribution >= 4 is 27.3 Å². The number of rotatable bonds is 4. The first kappa shape index (κ1) is 15.8. The molecule has 0 unspecified atom stereocenters. The minimum atomic E-state index is -3.72. The molecule has 0 aliphatic carbocycles. The van der Waals surface area contributed by atoms with Crippen molar-refractivity contribution < 1.29 is 8.42 Å². The number of nitrogens with two attached hydrogens (primary N) is 1. The molecule has 0 amide bonds. The molecule has 0 saturated heterocycles. The van der Waals surface area contributed by atoms with Gasteiger partial charge < -0.3 is 5.73 Å². The Morgan fingerprint density at radius 3 is 2.67 bits per heavy atom. The van der Waals surface area contributed by atoms with E-state index in [0.29, 0.717) is 11.4 Å². The molecule has 1 aromatic heterocycles. The van der Waals surface area contributed by atoms with Gasteiger partial charge in [0.2, 0.25) is 10.0 Å². The zero-order chi connectivity index (χ0) is 15.6.